The summed E-state index contributed by atoms with van der Waals surface area (Å²) in [7, 11) is 1.21. The lowest BCUT2D eigenvalue weighted by Crippen LogP contribution is -2.41. The average Bonchev–Trinajstić information content (AvgIpc) is 2.73. The van der Waals surface area contributed by atoms with Gasteiger partial charge >= 0.3 is 17.8 Å². The largest absolute Gasteiger partial charge is 0.348 e. The van der Waals surface area contributed by atoms with Crippen LogP contribution < -0.4 is 5.32 Å². The van der Waals surface area contributed by atoms with Crippen molar-refractivity contribution in [3.63, 3.8) is 0 Å². The topological polar surface area (TPSA) is 86.8 Å². The van der Waals surface area contributed by atoms with Crippen LogP contribution in [0, 0.1) is 5.92 Å². The summed E-state index contributed by atoms with van der Waals surface area (Å²) in [5.74, 6) is -1.83. The molecule has 1 aliphatic heterocycles. The molecular weight excluding hydrogens is 322 g/mol. The van der Waals surface area contributed by atoms with Crippen LogP contribution in [0.4, 0.5) is 4.79 Å². The summed E-state index contributed by atoms with van der Waals surface area (Å²) in [5, 5.41) is 2.74. The van der Waals surface area contributed by atoms with Gasteiger partial charge in [0.1, 0.15) is 6.54 Å². The molecule has 1 aromatic rings. The fourth-order valence-corrected chi connectivity index (χ4v) is 2.68. The maximum atomic E-state index is 12.1. The van der Waals surface area contributed by atoms with Gasteiger partial charge in [0.25, 0.3) is 0 Å². The van der Waals surface area contributed by atoms with Crippen molar-refractivity contribution < 1.29 is 19.2 Å². The van der Waals surface area contributed by atoms with Gasteiger partial charge in [-0.2, -0.15) is 0 Å². The Hall–Kier alpha value is -2.70. The van der Waals surface area contributed by atoms with Crippen LogP contribution in [-0.2, 0) is 20.8 Å². The molecule has 2 rings (SSSR count). The van der Waals surface area contributed by atoms with Crippen LogP contribution >= 0.6 is 0 Å². The Balaban J connectivity index is 1.95. The van der Waals surface area contributed by atoms with Crippen LogP contribution in [-0.4, -0.2) is 47.1 Å². The van der Waals surface area contributed by atoms with E-state index >= 15 is 0 Å². The Morgan fingerprint density at radius 1 is 1.04 bits per heavy atom. The van der Waals surface area contributed by atoms with Gasteiger partial charge in [-0.05, 0) is 30.4 Å². The molecule has 25 heavy (non-hydrogen) atoms. The maximum Gasteiger partial charge on any atom is 0.334 e. The molecular formula is C18H23N3O4. The summed E-state index contributed by atoms with van der Waals surface area (Å²) in [6.45, 7) is 5.66. The Morgan fingerprint density at radius 2 is 1.64 bits per heavy atom. The molecule has 134 valence electrons. The Morgan fingerprint density at radius 3 is 2.12 bits per heavy atom. The molecule has 0 bridgehead atoms. The number of likely N-dealkylation sites (N-methyl/N-ethyl adjacent to an activating group) is 1. The van der Waals surface area contributed by atoms with Crippen LogP contribution in [0.3, 0.4) is 0 Å². The highest BCUT2D eigenvalue weighted by Crippen LogP contribution is 2.16. The van der Waals surface area contributed by atoms with Crippen LogP contribution in [0.1, 0.15) is 37.9 Å². The van der Waals surface area contributed by atoms with E-state index in [0.29, 0.717) is 15.7 Å². The zero-order chi connectivity index (χ0) is 18.7. The zero-order valence-electron chi connectivity index (χ0n) is 14.9. The maximum absolute atomic E-state index is 12.1. The summed E-state index contributed by atoms with van der Waals surface area (Å²) in [6.07, 6.45) is 0.988. The first-order valence-corrected chi connectivity index (χ1v) is 8.22. The first kappa shape index (κ1) is 18.6. The van der Waals surface area contributed by atoms with Crippen molar-refractivity contribution in [2.24, 2.45) is 5.92 Å². The van der Waals surface area contributed by atoms with Crippen LogP contribution in [0.15, 0.2) is 24.3 Å². The summed E-state index contributed by atoms with van der Waals surface area (Å²) in [6, 6.07) is 6.90. The predicted molar refractivity (Wildman–Crippen MR) is 91.4 cm³/mol. The number of urea groups is 1. The van der Waals surface area contributed by atoms with Crippen LogP contribution in [0.5, 0.6) is 0 Å². The fourth-order valence-electron chi connectivity index (χ4n) is 2.68. The molecule has 1 atom stereocenters. The third-order valence-corrected chi connectivity index (χ3v) is 4.05. The first-order chi connectivity index (χ1) is 11.7. The van der Waals surface area contributed by atoms with Gasteiger partial charge in [0, 0.05) is 7.05 Å². The Kier molecular flexibility index (Phi) is 5.56. The van der Waals surface area contributed by atoms with Crippen molar-refractivity contribution in [1.82, 2.24) is 15.1 Å². The normalized spacial score (nSPS) is 16.0. The van der Waals surface area contributed by atoms with Gasteiger partial charge in [0.05, 0.1) is 6.04 Å². The predicted octanol–water partition coefficient (Wildman–Crippen LogP) is 1.48. The van der Waals surface area contributed by atoms with Gasteiger partial charge < -0.3 is 5.32 Å². The fraction of sp³-hybridized carbons (Fsp3) is 0.444. The van der Waals surface area contributed by atoms with E-state index in [2.05, 4.69) is 19.2 Å². The molecule has 1 aromatic carbocycles. The smallest absolute Gasteiger partial charge is 0.334 e. The Labute approximate surface area is 147 Å². The van der Waals surface area contributed by atoms with Crippen molar-refractivity contribution in [2.45, 2.75) is 33.2 Å². The lowest BCUT2D eigenvalue weighted by molar-refractivity contribution is -0.143. The number of nitrogens with one attached hydrogen (secondary N) is 1. The first-order valence-electron chi connectivity index (χ1n) is 8.22. The standard InChI is InChI=1S/C18H23N3O4/c1-11(2)9-13-5-7-14(8-6-13)12(3)19-15(22)10-21-17(24)16(23)20(4)18(21)25/h5-8,11-12H,9-10H2,1-4H3,(H,19,22)/t12-/m1/s1. The summed E-state index contributed by atoms with van der Waals surface area (Å²) < 4.78 is 0. The van der Waals surface area contributed by atoms with Crippen molar-refractivity contribution in [3.05, 3.63) is 35.4 Å². The van der Waals surface area contributed by atoms with E-state index in [0.717, 1.165) is 12.0 Å². The number of benzene rings is 1. The number of hydrogen-bond donors (Lipinski definition) is 1. The molecule has 0 aromatic heterocycles. The van der Waals surface area contributed by atoms with E-state index in [1.807, 2.05) is 31.2 Å². The molecule has 7 nitrogen and oxygen atoms in total. The molecule has 1 fully saturated rings. The zero-order valence-corrected chi connectivity index (χ0v) is 14.9. The van der Waals surface area contributed by atoms with Gasteiger partial charge in [0.15, 0.2) is 0 Å². The Bertz CT molecular complexity index is 697. The number of nitrogens with zero attached hydrogens (tertiary/aromatic N) is 2. The van der Waals surface area contributed by atoms with Crippen molar-refractivity contribution in [1.29, 1.82) is 0 Å². The van der Waals surface area contributed by atoms with E-state index in [1.54, 1.807) is 0 Å². The quantitative estimate of drug-likeness (QED) is 0.625. The second kappa shape index (κ2) is 7.46. The number of amides is 5. The van der Waals surface area contributed by atoms with E-state index in [9.17, 15) is 19.2 Å². The van der Waals surface area contributed by atoms with E-state index in [4.69, 9.17) is 0 Å². The monoisotopic (exact) mass is 345 g/mol. The van der Waals surface area contributed by atoms with Gasteiger partial charge in [0.2, 0.25) is 5.91 Å². The van der Waals surface area contributed by atoms with Crippen molar-refractivity contribution in [2.75, 3.05) is 13.6 Å². The highest BCUT2D eigenvalue weighted by molar-refractivity contribution is 6.44. The minimum absolute atomic E-state index is 0.276. The van der Waals surface area contributed by atoms with E-state index < -0.39 is 30.3 Å². The number of carbonyl (C=O) groups is 4. The SMILES string of the molecule is CC(C)Cc1ccc([C@@H](C)NC(=O)CN2C(=O)C(=O)N(C)C2=O)cc1. The molecule has 0 aliphatic carbocycles. The highest BCUT2D eigenvalue weighted by Gasteiger charge is 2.43. The lowest BCUT2D eigenvalue weighted by atomic mass is 10.00. The molecule has 0 saturated carbocycles. The van der Waals surface area contributed by atoms with E-state index in [1.165, 1.54) is 12.6 Å². The van der Waals surface area contributed by atoms with E-state index in [-0.39, 0.29) is 6.04 Å². The van der Waals surface area contributed by atoms with Crippen molar-refractivity contribution in [3.8, 4) is 0 Å². The molecule has 0 unspecified atom stereocenters. The molecule has 1 aliphatic rings. The highest BCUT2D eigenvalue weighted by atomic mass is 16.2. The summed E-state index contributed by atoms with van der Waals surface area (Å²) in [4.78, 5) is 48.4. The molecule has 0 radical (unpaired) electrons. The number of hydrogen-bond acceptors (Lipinski definition) is 4. The second-order valence-electron chi connectivity index (χ2n) is 6.67. The van der Waals surface area contributed by atoms with Crippen LogP contribution in [0.2, 0.25) is 0 Å². The number of rotatable bonds is 6. The molecule has 0 spiro atoms. The third-order valence-electron chi connectivity index (χ3n) is 4.05. The average molecular weight is 345 g/mol. The minimum atomic E-state index is -0.978. The molecule has 5 amide bonds. The number of carbonyl (C=O) groups excluding carboxylic acids is 4. The number of imide groups is 2. The molecule has 1 N–H and O–H groups in total. The molecule has 7 heteroatoms. The van der Waals surface area contributed by atoms with Gasteiger partial charge in [-0.15, -0.1) is 0 Å². The van der Waals surface area contributed by atoms with Gasteiger partial charge in [-0.25, -0.2) is 9.69 Å². The minimum Gasteiger partial charge on any atom is -0.348 e. The second-order valence-corrected chi connectivity index (χ2v) is 6.67. The summed E-state index contributed by atoms with van der Waals surface area (Å²) in [5.41, 5.74) is 2.15. The third kappa shape index (κ3) is 4.23. The van der Waals surface area contributed by atoms with Crippen LogP contribution in [0.25, 0.3) is 0 Å². The molecule has 1 heterocycles. The van der Waals surface area contributed by atoms with Crippen molar-refractivity contribution >= 4 is 23.8 Å². The summed E-state index contributed by atoms with van der Waals surface area (Å²) >= 11 is 0. The molecule has 1 saturated heterocycles. The lowest BCUT2D eigenvalue weighted by Gasteiger charge is -2.17. The van der Waals surface area contributed by atoms with Gasteiger partial charge in [-0.1, -0.05) is 38.1 Å². The van der Waals surface area contributed by atoms with Gasteiger partial charge in [-0.3, -0.25) is 19.3 Å².